The molecule has 0 bridgehead atoms. The monoisotopic (exact) mass is 992 g/mol. The van der Waals surface area contributed by atoms with Crippen LogP contribution in [0.4, 0.5) is 0 Å². The Morgan fingerprint density at radius 2 is 0.897 bits per heavy atom. The van der Waals surface area contributed by atoms with Crippen molar-refractivity contribution in [3.63, 3.8) is 0 Å². The molecule has 2 fully saturated rings. The second kappa shape index (κ2) is 22.1. The van der Waals surface area contributed by atoms with Crippen molar-refractivity contribution >= 4 is 74.4 Å². The zero-order chi connectivity index (χ0) is 47.8. The minimum absolute atomic E-state index is 0.0808. The molecule has 6 N–H and O–H groups in total. The summed E-state index contributed by atoms with van der Waals surface area (Å²) in [5.41, 5.74) is 12.6. The first kappa shape index (κ1) is 49.9. The fraction of sp³-hybridized carbons (Fsp3) is 0.346. The van der Waals surface area contributed by atoms with Gasteiger partial charge in [-0.2, -0.15) is 0 Å². The van der Waals surface area contributed by atoms with Crippen molar-refractivity contribution in [3.8, 4) is 0 Å². The molecule has 2 heterocycles. The molecular weight excluding hydrogens is 933 g/mol. The summed E-state index contributed by atoms with van der Waals surface area (Å²) in [5, 5.41) is 10.3. The van der Waals surface area contributed by atoms with Gasteiger partial charge in [-0.05, 0) is 58.7 Å². The smallest absolute Gasteiger partial charge is 0.185 e. The quantitative estimate of drug-likeness (QED) is 0.0368. The number of hydrogen-bond acceptors (Lipinski definition) is 14. The number of nitrogens with two attached hydrogens (primary N) is 2. The fourth-order valence-electron chi connectivity index (χ4n) is 9.76. The van der Waals surface area contributed by atoms with E-state index in [9.17, 15) is 16.8 Å². The molecule has 0 saturated carbocycles. The first-order chi connectivity index (χ1) is 32.8. The van der Waals surface area contributed by atoms with Gasteiger partial charge in [-0.15, -0.1) is 0 Å². The van der Waals surface area contributed by atoms with Crippen molar-refractivity contribution in [3.05, 3.63) is 157 Å². The summed E-state index contributed by atoms with van der Waals surface area (Å²) in [6.07, 6.45) is 0.162. The molecule has 0 spiro atoms. The van der Waals surface area contributed by atoms with Gasteiger partial charge >= 0.3 is 0 Å². The van der Waals surface area contributed by atoms with Crippen LogP contribution in [0.3, 0.4) is 0 Å². The van der Waals surface area contributed by atoms with Crippen LogP contribution in [0.5, 0.6) is 0 Å². The van der Waals surface area contributed by atoms with E-state index in [0.29, 0.717) is 61.9 Å². The molecule has 16 heteroatoms. The topological polar surface area (TPSA) is 185 Å². The van der Waals surface area contributed by atoms with Gasteiger partial charge in [-0.3, -0.25) is 19.4 Å². The molecule has 6 aromatic carbocycles. The third-order valence-electron chi connectivity index (χ3n) is 13.4. The highest BCUT2D eigenvalue weighted by molar-refractivity contribution is 8.76. The molecule has 4 atom stereocenters. The van der Waals surface area contributed by atoms with Crippen molar-refractivity contribution in [1.82, 2.24) is 20.4 Å². The first-order valence-corrected chi connectivity index (χ1v) is 28.9. The number of nitrogens with zero attached hydrogens (tertiary/aromatic N) is 2. The molecule has 0 radical (unpaired) electrons. The Labute approximate surface area is 408 Å². The molecule has 2 aliphatic rings. The zero-order valence-corrected chi connectivity index (χ0v) is 41.3. The van der Waals surface area contributed by atoms with Crippen LogP contribution in [0.2, 0.25) is 0 Å². The Morgan fingerprint density at radius 1 is 0.529 bits per heavy atom. The maximum absolute atomic E-state index is 15.1. The van der Waals surface area contributed by atoms with E-state index >= 15 is 9.59 Å². The minimum atomic E-state index is -3.71. The lowest BCUT2D eigenvalue weighted by Crippen LogP contribution is -2.67. The number of rotatable bonds is 21. The third-order valence-corrected chi connectivity index (χ3v) is 19.5. The van der Waals surface area contributed by atoms with E-state index < -0.39 is 30.8 Å². The molecule has 6 aromatic rings. The van der Waals surface area contributed by atoms with Gasteiger partial charge in [0.15, 0.2) is 31.2 Å². The Kier molecular flexibility index (Phi) is 16.2. The summed E-state index contributed by atoms with van der Waals surface area (Å²) in [7, 11) is -4.24. The maximum atomic E-state index is 15.1. The summed E-state index contributed by atoms with van der Waals surface area (Å²) in [4.78, 5) is 34.8. The van der Waals surface area contributed by atoms with Gasteiger partial charge < -0.3 is 22.1 Å². The summed E-state index contributed by atoms with van der Waals surface area (Å²) in [6.45, 7) is 3.55. The first-order valence-electron chi connectivity index (χ1n) is 23.1. The van der Waals surface area contributed by atoms with Crippen LogP contribution in [-0.4, -0.2) is 137 Å². The Balaban J connectivity index is 0.959. The van der Waals surface area contributed by atoms with E-state index in [-0.39, 0.29) is 70.9 Å². The standard InChI is InChI=1S/C52H60N6O6S4/c53-41(33-57-29-27-55-37-51(57,25-31-67(61,62)43-17-3-1-4-18-43)49(59)47-23-11-15-39-13-7-9-21-45(39)47)35-65-66-36-42(54)34-58-30-28-56-38-52(58,26-32-68(63,64)44-19-5-2-6-20-44)50(60)48-24-12-16-40-14-8-10-22-46(40)48/h1-24,41-42,55-56H,25-38,53-54H2/t41?,42?,51-,52-/m1/s1. The fourth-order valence-corrected chi connectivity index (χ4v) is 15.0. The van der Waals surface area contributed by atoms with Gasteiger partial charge in [-0.1, -0.05) is 143 Å². The summed E-state index contributed by atoms with van der Waals surface area (Å²) in [5.74, 6) is 0.381. The van der Waals surface area contributed by atoms with Gasteiger partial charge in [-0.25, -0.2) is 16.8 Å². The molecule has 68 heavy (non-hydrogen) atoms. The maximum Gasteiger partial charge on any atom is 0.185 e. The van der Waals surface area contributed by atoms with Gasteiger partial charge in [0.1, 0.15) is 0 Å². The lowest BCUT2D eigenvalue weighted by Gasteiger charge is -2.47. The number of carbonyl (C=O) groups is 2. The second-order valence-electron chi connectivity index (χ2n) is 17.9. The van der Waals surface area contributed by atoms with Crippen molar-refractivity contribution < 1.29 is 26.4 Å². The highest BCUT2D eigenvalue weighted by Crippen LogP contribution is 2.35. The number of benzene rings is 6. The number of ketones is 2. The molecule has 8 rings (SSSR count). The summed E-state index contributed by atoms with van der Waals surface area (Å²) in [6, 6.07) is 42.9. The number of hydrogen-bond donors (Lipinski definition) is 4. The molecule has 0 aliphatic carbocycles. The van der Waals surface area contributed by atoms with Crippen LogP contribution >= 0.6 is 21.6 Å². The highest BCUT2D eigenvalue weighted by Gasteiger charge is 2.48. The van der Waals surface area contributed by atoms with E-state index in [1.807, 2.05) is 84.9 Å². The predicted octanol–water partition coefficient (Wildman–Crippen LogP) is 6.11. The normalized spacial score (nSPS) is 20.6. The van der Waals surface area contributed by atoms with Crippen LogP contribution in [-0.2, 0) is 19.7 Å². The average molecular weight is 993 g/mol. The number of sulfone groups is 2. The van der Waals surface area contributed by atoms with E-state index in [1.165, 1.54) is 0 Å². The molecule has 2 unspecified atom stereocenters. The Bertz CT molecular complexity index is 2720. The van der Waals surface area contributed by atoms with Crippen molar-refractivity contribution in [1.29, 1.82) is 0 Å². The Morgan fingerprint density at radius 3 is 1.31 bits per heavy atom. The van der Waals surface area contributed by atoms with Gasteiger partial charge in [0, 0.05) is 87.1 Å². The molecule has 2 saturated heterocycles. The van der Waals surface area contributed by atoms with Crippen molar-refractivity contribution in [2.75, 3.05) is 75.4 Å². The predicted molar refractivity (Wildman–Crippen MR) is 278 cm³/mol. The van der Waals surface area contributed by atoms with Gasteiger partial charge in [0.2, 0.25) is 0 Å². The number of carbonyl (C=O) groups excluding carboxylic acids is 2. The van der Waals surface area contributed by atoms with E-state index in [1.54, 1.807) is 82.3 Å². The molecule has 358 valence electrons. The minimum Gasteiger partial charge on any atom is -0.326 e. The highest BCUT2D eigenvalue weighted by atomic mass is 33.1. The van der Waals surface area contributed by atoms with E-state index in [2.05, 4.69) is 20.4 Å². The van der Waals surface area contributed by atoms with Crippen LogP contribution in [0, 0.1) is 0 Å². The van der Waals surface area contributed by atoms with Crippen LogP contribution < -0.4 is 22.1 Å². The lowest BCUT2D eigenvalue weighted by molar-refractivity contribution is 0.0392. The molecule has 0 amide bonds. The van der Waals surface area contributed by atoms with E-state index in [4.69, 9.17) is 11.5 Å². The molecule has 12 nitrogen and oxygen atoms in total. The summed E-state index contributed by atoms with van der Waals surface area (Å²) >= 11 is 0. The molecule has 2 aliphatic heterocycles. The van der Waals surface area contributed by atoms with Crippen LogP contribution in [0.15, 0.2) is 155 Å². The average Bonchev–Trinajstić information content (AvgIpc) is 3.37. The van der Waals surface area contributed by atoms with Crippen LogP contribution in [0.25, 0.3) is 21.5 Å². The van der Waals surface area contributed by atoms with Crippen molar-refractivity contribution in [2.45, 2.75) is 45.8 Å². The Hall–Kier alpha value is -4.46. The van der Waals surface area contributed by atoms with Gasteiger partial charge in [0.25, 0.3) is 0 Å². The third kappa shape index (κ3) is 11.1. The number of Topliss-reactive ketones (excluding diaryl/α,β-unsaturated/α-hetero) is 2. The summed E-state index contributed by atoms with van der Waals surface area (Å²) < 4.78 is 55.0. The number of piperazine rings is 2. The molecular formula is C52H60N6O6S4. The van der Waals surface area contributed by atoms with Crippen molar-refractivity contribution in [2.24, 2.45) is 11.5 Å². The van der Waals surface area contributed by atoms with Crippen LogP contribution in [0.1, 0.15) is 33.6 Å². The number of fused-ring (bicyclic) bond motifs is 2. The zero-order valence-electron chi connectivity index (χ0n) is 38.0. The second-order valence-corrected chi connectivity index (χ2v) is 24.6. The van der Waals surface area contributed by atoms with E-state index in [0.717, 1.165) is 21.5 Å². The lowest BCUT2D eigenvalue weighted by atomic mass is 9.81. The van der Waals surface area contributed by atoms with Gasteiger partial charge in [0.05, 0.1) is 32.4 Å². The molecule has 0 aromatic heterocycles. The number of nitrogens with one attached hydrogen (secondary N) is 2. The SMILES string of the molecule is NC(CSSCC(N)CN1CCNC[C@]1(CCS(=O)(=O)c1ccccc1)C(=O)c1cccc2ccccc12)CN1CCNC[C@]1(CCS(=O)(=O)c1ccccc1)C(=O)c1cccc2ccccc12. The largest absolute Gasteiger partial charge is 0.326 e.